The zero-order chi connectivity index (χ0) is 23.0. The van der Waals surface area contributed by atoms with Crippen LogP contribution in [0, 0.1) is 6.92 Å². The summed E-state index contributed by atoms with van der Waals surface area (Å²) in [5, 5.41) is 11.7. The van der Waals surface area contributed by atoms with E-state index in [1.807, 2.05) is 31.2 Å². The van der Waals surface area contributed by atoms with Crippen molar-refractivity contribution in [3.05, 3.63) is 68.7 Å². The number of ketones is 1. The van der Waals surface area contributed by atoms with Gasteiger partial charge in [0.05, 0.1) is 28.8 Å². The largest absolute Gasteiger partial charge is 0.507 e. The van der Waals surface area contributed by atoms with Crippen LogP contribution in [0.5, 0.6) is 5.75 Å². The second-order valence-corrected chi connectivity index (χ2v) is 9.14. The third-order valence-corrected chi connectivity index (χ3v) is 6.97. The fourth-order valence-corrected chi connectivity index (χ4v) is 5.47. The maximum Gasteiger partial charge on any atom is 0.295 e. The quantitative estimate of drug-likeness (QED) is 0.332. The van der Waals surface area contributed by atoms with Crippen LogP contribution in [0.3, 0.4) is 0 Å². The number of carbonyl (C=O) groups excluding carboxylic acids is 2. The van der Waals surface area contributed by atoms with E-state index in [1.54, 1.807) is 4.90 Å². The number of methoxy groups -OCH3 is 1. The average molecular weight is 474 g/mol. The van der Waals surface area contributed by atoms with Gasteiger partial charge in [-0.25, -0.2) is 0 Å². The molecule has 5 nitrogen and oxygen atoms in total. The minimum absolute atomic E-state index is 0.0434. The van der Waals surface area contributed by atoms with Crippen molar-refractivity contribution in [2.45, 2.75) is 51.1 Å². The second-order valence-electron chi connectivity index (χ2n) is 8.33. The summed E-state index contributed by atoms with van der Waals surface area (Å²) >= 11 is 12.5. The Labute approximate surface area is 197 Å². The predicted octanol–water partition coefficient (Wildman–Crippen LogP) is 6.06. The van der Waals surface area contributed by atoms with E-state index in [0.717, 1.165) is 43.2 Å². The topological polar surface area (TPSA) is 66.8 Å². The highest BCUT2D eigenvalue weighted by Crippen LogP contribution is 2.45. The summed E-state index contributed by atoms with van der Waals surface area (Å²) in [6.07, 6.45) is 4.83. The highest BCUT2D eigenvalue weighted by molar-refractivity contribution is 6.47. The highest BCUT2D eigenvalue weighted by atomic mass is 35.5. The molecule has 1 atom stereocenters. The van der Waals surface area contributed by atoms with E-state index in [1.165, 1.54) is 19.2 Å². The van der Waals surface area contributed by atoms with E-state index in [2.05, 4.69) is 0 Å². The molecule has 7 heteroatoms. The Morgan fingerprint density at radius 3 is 2.28 bits per heavy atom. The molecular weight excluding hydrogens is 449 g/mol. The Bertz CT molecular complexity index is 1080. The van der Waals surface area contributed by atoms with Crippen LogP contribution in [-0.4, -0.2) is 34.8 Å². The van der Waals surface area contributed by atoms with Gasteiger partial charge in [-0.15, -0.1) is 0 Å². The summed E-state index contributed by atoms with van der Waals surface area (Å²) in [5.74, 6) is -1.27. The van der Waals surface area contributed by atoms with Crippen molar-refractivity contribution in [1.82, 2.24) is 4.90 Å². The van der Waals surface area contributed by atoms with Gasteiger partial charge >= 0.3 is 0 Å². The molecule has 2 aromatic carbocycles. The van der Waals surface area contributed by atoms with Crippen molar-refractivity contribution in [3.8, 4) is 5.75 Å². The number of nitrogens with zero attached hydrogens (tertiary/aromatic N) is 1. The van der Waals surface area contributed by atoms with E-state index < -0.39 is 17.7 Å². The van der Waals surface area contributed by atoms with E-state index in [9.17, 15) is 14.7 Å². The molecule has 2 aliphatic rings. The van der Waals surface area contributed by atoms with E-state index >= 15 is 0 Å². The Morgan fingerprint density at radius 2 is 1.69 bits per heavy atom. The number of aryl methyl sites for hydroxylation is 1. The Balaban J connectivity index is 1.91. The van der Waals surface area contributed by atoms with Crippen LogP contribution < -0.4 is 4.74 Å². The van der Waals surface area contributed by atoms with Crippen molar-refractivity contribution in [1.29, 1.82) is 0 Å². The minimum Gasteiger partial charge on any atom is -0.507 e. The molecule has 4 rings (SSSR count). The first kappa shape index (κ1) is 22.7. The second kappa shape index (κ2) is 9.16. The van der Waals surface area contributed by atoms with Gasteiger partial charge in [-0.2, -0.15) is 0 Å². The lowest BCUT2D eigenvalue weighted by Crippen LogP contribution is -2.40. The van der Waals surface area contributed by atoms with Gasteiger partial charge in [-0.3, -0.25) is 9.59 Å². The number of aliphatic hydroxyl groups excluding tert-OH is 1. The van der Waals surface area contributed by atoms with Crippen LogP contribution in [0.4, 0.5) is 0 Å². The number of hydrogen-bond donors (Lipinski definition) is 1. The van der Waals surface area contributed by atoms with Gasteiger partial charge in [0.15, 0.2) is 5.75 Å². The third kappa shape index (κ3) is 3.89. The fraction of sp³-hybridized carbons (Fsp3) is 0.360. The van der Waals surface area contributed by atoms with E-state index in [4.69, 9.17) is 27.9 Å². The first-order chi connectivity index (χ1) is 15.3. The van der Waals surface area contributed by atoms with Crippen molar-refractivity contribution < 1.29 is 19.4 Å². The third-order valence-electron chi connectivity index (χ3n) is 6.41. The maximum atomic E-state index is 13.3. The molecule has 1 unspecified atom stereocenters. The number of aliphatic hydroxyl groups is 1. The zero-order valence-electron chi connectivity index (χ0n) is 18.0. The van der Waals surface area contributed by atoms with Gasteiger partial charge in [-0.1, -0.05) is 66.7 Å². The molecule has 2 fully saturated rings. The number of amides is 1. The highest BCUT2D eigenvalue weighted by Gasteiger charge is 2.49. The van der Waals surface area contributed by atoms with Crippen LogP contribution in [0.15, 0.2) is 42.0 Å². The van der Waals surface area contributed by atoms with Crippen molar-refractivity contribution in [3.63, 3.8) is 0 Å². The van der Waals surface area contributed by atoms with Crippen LogP contribution in [0.25, 0.3) is 5.76 Å². The van der Waals surface area contributed by atoms with Gasteiger partial charge in [0.2, 0.25) is 0 Å². The fourth-order valence-electron chi connectivity index (χ4n) is 4.83. The monoisotopic (exact) mass is 473 g/mol. The predicted molar refractivity (Wildman–Crippen MR) is 125 cm³/mol. The molecule has 1 aliphatic carbocycles. The molecular formula is C25H25Cl2NO4. The number of benzene rings is 2. The zero-order valence-corrected chi connectivity index (χ0v) is 19.5. The number of halogens is 2. The van der Waals surface area contributed by atoms with Crippen molar-refractivity contribution >= 4 is 40.7 Å². The number of Topliss-reactive ketones (excluding diaryl/α,β-unsaturated/α-hetero) is 1. The summed E-state index contributed by atoms with van der Waals surface area (Å²) in [5.41, 5.74) is 2.09. The Hall–Kier alpha value is -2.50. The average Bonchev–Trinajstić information content (AvgIpc) is 3.04. The molecule has 1 amide bonds. The summed E-state index contributed by atoms with van der Waals surface area (Å²) < 4.78 is 5.19. The molecule has 168 valence electrons. The lowest BCUT2D eigenvalue weighted by Gasteiger charge is -2.36. The molecule has 2 aromatic rings. The molecule has 0 bridgehead atoms. The minimum atomic E-state index is -0.690. The summed E-state index contributed by atoms with van der Waals surface area (Å²) in [6.45, 7) is 1.94. The van der Waals surface area contributed by atoms with Gasteiger partial charge in [0, 0.05) is 11.6 Å². The molecule has 1 saturated heterocycles. The molecule has 32 heavy (non-hydrogen) atoms. The molecule has 1 N–H and O–H groups in total. The SMILES string of the molecule is COc1c(Cl)cc(/C(O)=C2\C(=O)C(=O)N(C3CCCCC3)C2c2ccccc2C)cc1Cl. The summed E-state index contributed by atoms with van der Waals surface area (Å²) in [7, 11) is 1.44. The number of hydrogen-bond acceptors (Lipinski definition) is 4. The lowest BCUT2D eigenvalue weighted by molar-refractivity contribution is -0.141. The first-order valence-corrected chi connectivity index (χ1v) is 11.5. The van der Waals surface area contributed by atoms with Crippen LogP contribution in [0.1, 0.15) is 54.8 Å². The van der Waals surface area contributed by atoms with Gasteiger partial charge in [-0.05, 0) is 43.0 Å². The molecule has 1 aliphatic heterocycles. The molecule has 0 aromatic heterocycles. The smallest absolute Gasteiger partial charge is 0.295 e. The van der Waals surface area contributed by atoms with Crippen molar-refractivity contribution in [2.24, 2.45) is 0 Å². The van der Waals surface area contributed by atoms with Gasteiger partial charge in [0.1, 0.15) is 5.76 Å². The van der Waals surface area contributed by atoms with Gasteiger partial charge in [0.25, 0.3) is 11.7 Å². The summed E-state index contributed by atoms with van der Waals surface area (Å²) in [6, 6.07) is 9.91. The molecule has 1 saturated carbocycles. The number of carbonyl (C=O) groups is 2. The molecule has 0 spiro atoms. The van der Waals surface area contributed by atoms with Gasteiger partial charge < -0.3 is 14.7 Å². The summed E-state index contributed by atoms with van der Waals surface area (Å²) in [4.78, 5) is 28.2. The maximum absolute atomic E-state index is 13.3. The standard InChI is InChI=1S/C25H25Cl2NO4/c1-14-8-6-7-11-17(14)21-20(22(29)15-12-18(26)24(32-2)19(27)13-15)23(30)25(31)28(21)16-9-4-3-5-10-16/h6-8,11-13,16,21,29H,3-5,9-10H2,1-2H3/b22-20+. The van der Waals surface area contributed by atoms with E-state index in [-0.39, 0.29) is 38.7 Å². The molecule has 0 radical (unpaired) electrons. The number of rotatable bonds is 4. The normalized spacial score (nSPS) is 21.2. The van der Waals surface area contributed by atoms with Crippen LogP contribution in [0.2, 0.25) is 10.0 Å². The number of likely N-dealkylation sites (tertiary alicyclic amines) is 1. The van der Waals surface area contributed by atoms with Crippen LogP contribution in [-0.2, 0) is 9.59 Å². The number of ether oxygens (including phenoxy) is 1. The van der Waals surface area contributed by atoms with Crippen LogP contribution >= 0.6 is 23.2 Å². The Kier molecular flexibility index (Phi) is 6.50. The first-order valence-electron chi connectivity index (χ1n) is 10.7. The lowest BCUT2D eigenvalue weighted by atomic mass is 9.89. The molecule has 1 heterocycles. The Morgan fingerprint density at radius 1 is 1.06 bits per heavy atom. The van der Waals surface area contributed by atoms with Crippen molar-refractivity contribution in [2.75, 3.05) is 7.11 Å². The van der Waals surface area contributed by atoms with E-state index in [0.29, 0.717) is 0 Å².